The van der Waals surface area contributed by atoms with Crippen molar-refractivity contribution in [1.29, 1.82) is 0 Å². The molecule has 0 radical (unpaired) electrons. The van der Waals surface area contributed by atoms with E-state index in [4.69, 9.17) is 5.73 Å². The summed E-state index contributed by atoms with van der Waals surface area (Å²) in [5.41, 5.74) is 13.5. The second-order valence-electron chi connectivity index (χ2n) is 5.58. The molecule has 1 atom stereocenters. The largest absolute Gasteiger partial charge is 0.324 e. The number of hydrogen-bond acceptors (Lipinski definition) is 2. The molecule has 0 aliphatic heterocycles. The molecule has 1 aliphatic carbocycles. The van der Waals surface area contributed by atoms with Gasteiger partial charge in [-0.1, -0.05) is 0 Å². The molecule has 0 saturated carbocycles. The van der Waals surface area contributed by atoms with Crippen molar-refractivity contribution < 1.29 is 0 Å². The van der Waals surface area contributed by atoms with Crippen molar-refractivity contribution in [2.75, 3.05) is 0 Å². The molecule has 2 aromatic heterocycles. The van der Waals surface area contributed by atoms with Crippen LogP contribution in [-0.2, 0) is 6.42 Å². The minimum atomic E-state index is 0.197. The number of rotatable bonds is 1. The van der Waals surface area contributed by atoms with Gasteiger partial charge in [-0.05, 0) is 63.8 Å². The Morgan fingerprint density at radius 3 is 2.79 bits per heavy atom. The van der Waals surface area contributed by atoms with Crippen LogP contribution in [0.15, 0.2) is 18.2 Å². The maximum atomic E-state index is 6.24. The SMILES string of the molecule is Cc1ccc(-n2c(C)cc3c2CCCC3N)c(C)n1. The second-order valence-corrected chi connectivity index (χ2v) is 5.58. The van der Waals surface area contributed by atoms with E-state index in [1.54, 1.807) is 0 Å². The zero-order chi connectivity index (χ0) is 13.6. The zero-order valence-corrected chi connectivity index (χ0v) is 11.9. The van der Waals surface area contributed by atoms with Crippen molar-refractivity contribution >= 4 is 0 Å². The second kappa shape index (κ2) is 4.49. The van der Waals surface area contributed by atoms with E-state index >= 15 is 0 Å². The van der Waals surface area contributed by atoms with E-state index in [0.717, 1.165) is 24.2 Å². The molecule has 2 heterocycles. The predicted octanol–water partition coefficient (Wildman–Crippen LogP) is 3.13. The number of aromatic nitrogens is 2. The third-order valence-corrected chi connectivity index (χ3v) is 4.09. The molecule has 0 bridgehead atoms. The Bertz CT molecular complexity index is 625. The molecule has 3 nitrogen and oxygen atoms in total. The lowest BCUT2D eigenvalue weighted by atomic mass is 9.93. The minimum absolute atomic E-state index is 0.197. The van der Waals surface area contributed by atoms with Crippen LogP contribution in [0.3, 0.4) is 0 Å². The monoisotopic (exact) mass is 255 g/mol. The third kappa shape index (κ3) is 1.98. The first-order valence-electron chi connectivity index (χ1n) is 6.99. The van der Waals surface area contributed by atoms with Crippen molar-refractivity contribution in [3.05, 3.63) is 46.5 Å². The van der Waals surface area contributed by atoms with Crippen LogP contribution in [0.2, 0.25) is 0 Å². The van der Waals surface area contributed by atoms with Crippen molar-refractivity contribution in [3.8, 4) is 5.69 Å². The quantitative estimate of drug-likeness (QED) is 0.850. The Morgan fingerprint density at radius 1 is 1.26 bits per heavy atom. The summed E-state index contributed by atoms with van der Waals surface area (Å²) >= 11 is 0. The number of nitrogens with zero attached hydrogens (tertiary/aromatic N) is 2. The molecule has 0 amide bonds. The summed E-state index contributed by atoms with van der Waals surface area (Å²) in [4.78, 5) is 4.59. The minimum Gasteiger partial charge on any atom is -0.324 e. The Labute approximate surface area is 114 Å². The van der Waals surface area contributed by atoms with Crippen LogP contribution >= 0.6 is 0 Å². The van der Waals surface area contributed by atoms with Gasteiger partial charge in [0.15, 0.2) is 0 Å². The lowest BCUT2D eigenvalue weighted by Gasteiger charge is -2.22. The van der Waals surface area contributed by atoms with Gasteiger partial charge in [-0.15, -0.1) is 0 Å². The van der Waals surface area contributed by atoms with Crippen LogP contribution in [0.1, 0.15) is 47.2 Å². The van der Waals surface area contributed by atoms with Crippen molar-refractivity contribution in [3.63, 3.8) is 0 Å². The molecule has 3 rings (SSSR count). The maximum Gasteiger partial charge on any atom is 0.0668 e. The van der Waals surface area contributed by atoms with Crippen LogP contribution in [0.5, 0.6) is 0 Å². The summed E-state index contributed by atoms with van der Waals surface area (Å²) in [6.07, 6.45) is 3.39. The summed E-state index contributed by atoms with van der Waals surface area (Å²) in [6, 6.07) is 6.70. The van der Waals surface area contributed by atoms with E-state index in [2.05, 4.69) is 41.6 Å². The Hall–Kier alpha value is -1.61. The number of fused-ring (bicyclic) bond motifs is 1. The summed E-state index contributed by atoms with van der Waals surface area (Å²) in [5, 5.41) is 0. The van der Waals surface area contributed by atoms with E-state index in [1.807, 2.05) is 6.92 Å². The predicted molar refractivity (Wildman–Crippen MR) is 77.6 cm³/mol. The van der Waals surface area contributed by atoms with Crippen molar-refractivity contribution in [2.24, 2.45) is 5.73 Å². The summed E-state index contributed by atoms with van der Waals surface area (Å²) < 4.78 is 2.34. The standard InChI is InChI=1S/C16H21N3/c1-10-7-8-15(12(3)18-10)19-11(2)9-13-14(17)5-4-6-16(13)19/h7-9,14H,4-6,17H2,1-3H3. The number of aryl methyl sites for hydroxylation is 3. The van der Waals surface area contributed by atoms with Gasteiger partial charge in [0, 0.05) is 23.1 Å². The first-order chi connectivity index (χ1) is 9.08. The highest BCUT2D eigenvalue weighted by Crippen LogP contribution is 2.33. The van der Waals surface area contributed by atoms with E-state index in [0.29, 0.717) is 0 Å². The van der Waals surface area contributed by atoms with E-state index in [9.17, 15) is 0 Å². The first kappa shape index (κ1) is 12.4. The smallest absolute Gasteiger partial charge is 0.0668 e. The Morgan fingerprint density at radius 2 is 2.05 bits per heavy atom. The van der Waals surface area contributed by atoms with Gasteiger partial charge in [-0.3, -0.25) is 4.98 Å². The van der Waals surface area contributed by atoms with Crippen molar-refractivity contribution in [2.45, 2.75) is 46.1 Å². The fraction of sp³-hybridized carbons (Fsp3) is 0.438. The van der Waals surface area contributed by atoms with Gasteiger partial charge >= 0.3 is 0 Å². The van der Waals surface area contributed by atoms with E-state index in [-0.39, 0.29) is 6.04 Å². The normalized spacial score (nSPS) is 18.4. The molecule has 0 fully saturated rings. The fourth-order valence-electron chi connectivity index (χ4n) is 3.19. The average molecular weight is 255 g/mol. The van der Waals surface area contributed by atoms with Crippen LogP contribution in [0.4, 0.5) is 0 Å². The van der Waals surface area contributed by atoms with E-state index in [1.165, 1.54) is 29.1 Å². The van der Waals surface area contributed by atoms with Crippen LogP contribution in [0.25, 0.3) is 5.69 Å². The highest BCUT2D eigenvalue weighted by atomic mass is 15.0. The van der Waals surface area contributed by atoms with Crippen molar-refractivity contribution in [1.82, 2.24) is 9.55 Å². The summed E-state index contributed by atoms with van der Waals surface area (Å²) in [5.74, 6) is 0. The van der Waals surface area contributed by atoms with Gasteiger partial charge in [0.05, 0.1) is 11.4 Å². The van der Waals surface area contributed by atoms with Crippen LogP contribution in [0, 0.1) is 20.8 Å². The molecule has 0 aromatic carbocycles. The van der Waals surface area contributed by atoms with Gasteiger partial charge in [0.1, 0.15) is 0 Å². The molecule has 2 N–H and O–H groups in total. The van der Waals surface area contributed by atoms with Gasteiger partial charge in [-0.2, -0.15) is 0 Å². The summed E-state index contributed by atoms with van der Waals surface area (Å²) in [7, 11) is 0. The Balaban J connectivity index is 2.20. The molecule has 2 aromatic rings. The van der Waals surface area contributed by atoms with Crippen LogP contribution < -0.4 is 5.73 Å². The molecule has 1 aliphatic rings. The van der Waals surface area contributed by atoms with Crippen LogP contribution in [-0.4, -0.2) is 9.55 Å². The molecular weight excluding hydrogens is 234 g/mol. The molecule has 0 spiro atoms. The lowest BCUT2D eigenvalue weighted by molar-refractivity contribution is 0.559. The Kier molecular flexibility index (Phi) is 2.94. The highest BCUT2D eigenvalue weighted by Gasteiger charge is 2.23. The molecule has 100 valence electrons. The van der Waals surface area contributed by atoms with Gasteiger partial charge < -0.3 is 10.3 Å². The number of hydrogen-bond donors (Lipinski definition) is 1. The molecular formula is C16H21N3. The fourth-order valence-corrected chi connectivity index (χ4v) is 3.19. The van der Waals surface area contributed by atoms with Gasteiger partial charge in [-0.25, -0.2) is 0 Å². The molecule has 0 saturated heterocycles. The zero-order valence-electron chi connectivity index (χ0n) is 11.9. The molecule has 3 heteroatoms. The lowest BCUT2D eigenvalue weighted by Crippen LogP contribution is -2.18. The highest BCUT2D eigenvalue weighted by molar-refractivity contribution is 5.46. The summed E-state index contributed by atoms with van der Waals surface area (Å²) in [6.45, 7) is 6.27. The van der Waals surface area contributed by atoms with E-state index < -0.39 is 0 Å². The number of nitrogens with two attached hydrogens (primary N) is 1. The average Bonchev–Trinajstić information content (AvgIpc) is 2.68. The molecule has 19 heavy (non-hydrogen) atoms. The topological polar surface area (TPSA) is 43.8 Å². The third-order valence-electron chi connectivity index (χ3n) is 4.09. The first-order valence-corrected chi connectivity index (χ1v) is 6.99. The number of pyridine rings is 1. The van der Waals surface area contributed by atoms with Gasteiger partial charge in [0.2, 0.25) is 0 Å². The van der Waals surface area contributed by atoms with Gasteiger partial charge in [0.25, 0.3) is 0 Å². The molecule has 1 unspecified atom stereocenters. The maximum absolute atomic E-state index is 6.24.